The topological polar surface area (TPSA) is 76.0 Å². The van der Waals surface area contributed by atoms with Gasteiger partial charge in [-0.1, -0.05) is 52.5 Å². The fraction of sp³-hybridized carbons (Fsp3) is 0.0513. The van der Waals surface area contributed by atoms with Crippen molar-refractivity contribution < 1.29 is 0 Å². The van der Waals surface area contributed by atoms with Gasteiger partial charge in [-0.15, -0.1) is 0 Å². The van der Waals surface area contributed by atoms with Gasteiger partial charge in [-0.3, -0.25) is 4.98 Å². The number of aromatic amines is 4. The van der Waals surface area contributed by atoms with Crippen LogP contribution in [0, 0.1) is 0 Å². The molecule has 48 heavy (non-hydrogen) atoms. The fourth-order valence-corrected chi connectivity index (χ4v) is 7.86. The van der Waals surface area contributed by atoms with Crippen molar-refractivity contribution in [1.82, 2.24) is 24.9 Å². The summed E-state index contributed by atoms with van der Waals surface area (Å²) in [7, 11) is 0. The normalized spacial score (nSPS) is 12.1. The summed E-state index contributed by atoms with van der Waals surface area (Å²) in [5, 5.41) is 6.80. The lowest BCUT2D eigenvalue weighted by molar-refractivity contribution is 0.865. The Balaban J connectivity index is 1.30. The largest absolute Gasteiger partial charge is 0.361 e. The minimum atomic E-state index is -0.250. The molecule has 4 aromatic carbocycles. The number of nitrogens with one attached hydrogen (secondary N) is 4. The molecule has 0 unspecified atom stereocenters. The van der Waals surface area contributed by atoms with Crippen LogP contribution in [-0.2, 0) is 0 Å². The second-order valence-electron chi connectivity index (χ2n) is 12.1. The third-order valence-corrected chi connectivity index (χ3v) is 10.3. The van der Waals surface area contributed by atoms with E-state index < -0.39 is 0 Å². The van der Waals surface area contributed by atoms with E-state index in [2.05, 4.69) is 62.9 Å². The molecule has 0 fully saturated rings. The summed E-state index contributed by atoms with van der Waals surface area (Å²) in [5.41, 5.74) is 10.0. The predicted octanol–water partition coefficient (Wildman–Crippen LogP) is 12.0. The van der Waals surface area contributed by atoms with Crippen LogP contribution in [0.5, 0.6) is 0 Å². The van der Waals surface area contributed by atoms with E-state index in [0.29, 0.717) is 20.1 Å². The maximum atomic E-state index is 6.56. The number of aromatic nitrogens is 5. The molecule has 9 heteroatoms. The smallest absolute Gasteiger partial charge is 0.0555 e. The number of nitrogens with zero attached hydrogens (tertiary/aromatic N) is 1. The number of rotatable bonds is 6. The summed E-state index contributed by atoms with van der Waals surface area (Å²) in [6.45, 7) is 0. The van der Waals surface area contributed by atoms with Crippen LogP contribution in [0.2, 0.25) is 20.1 Å². The number of hydrogen-bond acceptors (Lipinski definition) is 1. The molecule has 0 amide bonds. The standard InChI is InChI=1S/C39H25Cl4N5/c40-20-4-8-32-24(12-20)28(16-44-32)38(29-17-45-33-9-5-21(41)13-25(29)33)36-2-1-3-37(48-36)39(30-18-46-34-10-6-22(42)14-26(30)34)31-19-47-35-11-7-23(43)15-27(31)35/h1-19,38-39,44-47H. The molecule has 4 N–H and O–H groups in total. The van der Waals surface area contributed by atoms with Crippen molar-refractivity contribution in [3.05, 3.63) is 170 Å². The minimum Gasteiger partial charge on any atom is -0.361 e. The van der Waals surface area contributed by atoms with Crippen molar-refractivity contribution in [2.45, 2.75) is 11.8 Å². The molecule has 9 aromatic rings. The highest BCUT2D eigenvalue weighted by Gasteiger charge is 2.29. The van der Waals surface area contributed by atoms with E-state index in [1.165, 1.54) is 0 Å². The van der Waals surface area contributed by atoms with Crippen LogP contribution >= 0.6 is 46.4 Å². The van der Waals surface area contributed by atoms with E-state index in [-0.39, 0.29) is 11.8 Å². The van der Waals surface area contributed by atoms with Crippen LogP contribution in [0.1, 0.15) is 45.5 Å². The van der Waals surface area contributed by atoms with Gasteiger partial charge >= 0.3 is 0 Å². The van der Waals surface area contributed by atoms with Crippen LogP contribution in [0.25, 0.3) is 43.6 Å². The highest BCUT2D eigenvalue weighted by atomic mass is 35.5. The quantitative estimate of drug-likeness (QED) is 0.137. The molecule has 0 atom stereocenters. The van der Waals surface area contributed by atoms with Crippen molar-refractivity contribution in [2.24, 2.45) is 0 Å². The Morgan fingerprint density at radius 3 is 0.979 bits per heavy atom. The molecular weight excluding hydrogens is 680 g/mol. The third kappa shape index (κ3) is 4.89. The lowest BCUT2D eigenvalue weighted by Crippen LogP contribution is -2.10. The Hall–Kier alpha value is -4.65. The first-order valence-electron chi connectivity index (χ1n) is 15.4. The molecule has 9 rings (SSSR count). The van der Waals surface area contributed by atoms with Crippen LogP contribution in [0.15, 0.2) is 116 Å². The monoisotopic (exact) mass is 703 g/mol. The Kier molecular flexibility index (Phi) is 7.06. The average molecular weight is 705 g/mol. The Morgan fingerprint density at radius 1 is 0.396 bits per heavy atom. The molecular formula is C39H25Cl4N5. The molecule has 0 spiro atoms. The molecule has 5 heterocycles. The maximum Gasteiger partial charge on any atom is 0.0555 e. The van der Waals surface area contributed by atoms with Crippen molar-refractivity contribution in [1.29, 1.82) is 0 Å². The molecule has 0 saturated heterocycles. The van der Waals surface area contributed by atoms with E-state index in [4.69, 9.17) is 51.4 Å². The predicted molar refractivity (Wildman–Crippen MR) is 199 cm³/mol. The van der Waals surface area contributed by atoms with E-state index in [9.17, 15) is 0 Å². The van der Waals surface area contributed by atoms with Gasteiger partial charge in [0.05, 0.1) is 23.2 Å². The zero-order chi connectivity index (χ0) is 32.5. The molecule has 0 aliphatic heterocycles. The van der Waals surface area contributed by atoms with Gasteiger partial charge in [-0.2, -0.15) is 0 Å². The zero-order valence-corrected chi connectivity index (χ0v) is 28.1. The lowest BCUT2D eigenvalue weighted by Gasteiger charge is -2.21. The zero-order valence-electron chi connectivity index (χ0n) is 25.1. The van der Waals surface area contributed by atoms with Crippen LogP contribution in [0.4, 0.5) is 0 Å². The molecule has 0 aliphatic carbocycles. The van der Waals surface area contributed by atoms with E-state index in [1.54, 1.807) is 0 Å². The fourth-order valence-electron chi connectivity index (χ4n) is 7.18. The van der Waals surface area contributed by atoms with Gasteiger partial charge in [0.2, 0.25) is 0 Å². The summed E-state index contributed by atoms with van der Waals surface area (Å²) in [6, 6.07) is 29.9. The van der Waals surface area contributed by atoms with Gasteiger partial charge in [0.15, 0.2) is 0 Å². The van der Waals surface area contributed by atoms with E-state index in [1.807, 2.05) is 72.8 Å². The first kappa shape index (κ1) is 29.5. The highest BCUT2D eigenvalue weighted by Crippen LogP contribution is 2.43. The molecule has 5 nitrogen and oxygen atoms in total. The summed E-state index contributed by atoms with van der Waals surface area (Å²) >= 11 is 26.2. The molecule has 234 valence electrons. The summed E-state index contributed by atoms with van der Waals surface area (Å²) < 4.78 is 0. The van der Waals surface area contributed by atoms with Crippen molar-refractivity contribution in [2.75, 3.05) is 0 Å². The second-order valence-corrected chi connectivity index (χ2v) is 13.8. The van der Waals surface area contributed by atoms with Gasteiger partial charge < -0.3 is 19.9 Å². The molecule has 0 bridgehead atoms. The number of halogens is 4. The highest BCUT2D eigenvalue weighted by molar-refractivity contribution is 6.32. The number of fused-ring (bicyclic) bond motifs is 4. The Morgan fingerprint density at radius 2 is 0.688 bits per heavy atom. The number of benzene rings is 4. The molecule has 0 radical (unpaired) electrons. The molecule has 0 aliphatic rings. The Bertz CT molecular complexity index is 2320. The van der Waals surface area contributed by atoms with Crippen LogP contribution < -0.4 is 0 Å². The third-order valence-electron chi connectivity index (χ3n) is 9.33. The number of pyridine rings is 1. The number of H-pyrrole nitrogens is 4. The average Bonchev–Trinajstić information content (AvgIpc) is 3.88. The van der Waals surface area contributed by atoms with Gasteiger partial charge in [0, 0.05) is 88.5 Å². The van der Waals surface area contributed by atoms with Crippen molar-refractivity contribution in [3.63, 3.8) is 0 Å². The summed E-state index contributed by atoms with van der Waals surface area (Å²) in [5.74, 6) is -0.500. The minimum absolute atomic E-state index is 0.250. The van der Waals surface area contributed by atoms with Crippen molar-refractivity contribution in [3.8, 4) is 0 Å². The van der Waals surface area contributed by atoms with Crippen molar-refractivity contribution >= 4 is 90.0 Å². The summed E-state index contributed by atoms with van der Waals surface area (Å²) in [6.07, 6.45) is 8.24. The lowest BCUT2D eigenvalue weighted by atomic mass is 9.85. The van der Waals surface area contributed by atoms with Gasteiger partial charge in [0.25, 0.3) is 0 Å². The van der Waals surface area contributed by atoms with E-state index in [0.717, 1.165) is 77.3 Å². The van der Waals surface area contributed by atoms with Gasteiger partial charge in [0.1, 0.15) is 0 Å². The van der Waals surface area contributed by atoms with Gasteiger partial charge in [-0.05, 0) is 107 Å². The van der Waals surface area contributed by atoms with E-state index >= 15 is 0 Å². The summed E-state index contributed by atoms with van der Waals surface area (Å²) in [4.78, 5) is 19.4. The first-order chi connectivity index (χ1) is 23.4. The SMILES string of the molecule is Clc1ccc2[nH]cc(C(c3cccc(C(c4c[nH]c5ccc(Cl)cc45)c4c[nH]c5ccc(Cl)cc45)n3)c3c[nH]c4ccc(Cl)cc34)c2c1. The maximum absolute atomic E-state index is 6.56. The Labute approximate surface area is 294 Å². The molecule has 0 saturated carbocycles. The first-order valence-corrected chi connectivity index (χ1v) is 17.0. The van der Waals surface area contributed by atoms with Crippen LogP contribution in [0.3, 0.4) is 0 Å². The molecule has 5 aromatic heterocycles. The van der Waals surface area contributed by atoms with Crippen LogP contribution in [-0.4, -0.2) is 24.9 Å². The van der Waals surface area contributed by atoms with Gasteiger partial charge in [-0.25, -0.2) is 0 Å². The second kappa shape index (κ2) is 11.5. The number of hydrogen-bond donors (Lipinski definition) is 4.